The summed E-state index contributed by atoms with van der Waals surface area (Å²) in [5.41, 5.74) is 5.56. The van der Waals surface area contributed by atoms with E-state index < -0.39 is 10.0 Å². The number of halogens is 3. The van der Waals surface area contributed by atoms with Crippen LogP contribution in [0.4, 0.5) is 0 Å². The molecule has 2 rings (SSSR count). The van der Waals surface area contributed by atoms with Crippen LogP contribution in [0.5, 0.6) is 0 Å². The standard InChI is InChI=1S/C11H14Cl2N2O2S.ClH/c12-9-1-2-10(13)11(5-9)18(16,17)15-4-3-8(6-14)7-15;/h1-2,5,8H,3-4,6-7,14H2;1H. The van der Waals surface area contributed by atoms with Crippen LogP contribution in [0.15, 0.2) is 23.1 Å². The fourth-order valence-corrected chi connectivity index (χ4v) is 4.29. The predicted octanol–water partition coefficient (Wildman–Crippen LogP) is 2.38. The highest BCUT2D eigenvalue weighted by Gasteiger charge is 2.33. The molecule has 4 nitrogen and oxygen atoms in total. The van der Waals surface area contributed by atoms with E-state index in [4.69, 9.17) is 28.9 Å². The second-order valence-corrected chi connectivity index (χ2v) is 7.08. The topological polar surface area (TPSA) is 63.4 Å². The molecule has 1 heterocycles. The minimum Gasteiger partial charge on any atom is -0.330 e. The van der Waals surface area contributed by atoms with E-state index in [0.29, 0.717) is 24.7 Å². The van der Waals surface area contributed by atoms with Gasteiger partial charge in [0.25, 0.3) is 0 Å². The summed E-state index contributed by atoms with van der Waals surface area (Å²) < 4.78 is 26.2. The summed E-state index contributed by atoms with van der Waals surface area (Å²) in [6.07, 6.45) is 0.786. The van der Waals surface area contributed by atoms with Crippen LogP contribution in [0.2, 0.25) is 10.0 Å². The van der Waals surface area contributed by atoms with Crippen LogP contribution in [0.25, 0.3) is 0 Å². The number of hydrogen-bond donors (Lipinski definition) is 1. The number of benzene rings is 1. The smallest absolute Gasteiger partial charge is 0.244 e. The first-order valence-electron chi connectivity index (χ1n) is 5.60. The van der Waals surface area contributed by atoms with Crippen LogP contribution in [0.1, 0.15) is 6.42 Å². The molecule has 0 radical (unpaired) electrons. The number of nitrogens with zero attached hydrogens (tertiary/aromatic N) is 1. The van der Waals surface area contributed by atoms with Crippen LogP contribution in [0, 0.1) is 5.92 Å². The molecule has 1 fully saturated rings. The fraction of sp³-hybridized carbons (Fsp3) is 0.455. The molecule has 0 spiro atoms. The third-order valence-electron chi connectivity index (χ3n) is 3.09. The van der Waals surface area contributed by atoms with Crippen LogP contribution < -0.4 is 5.73 Å². The zero-order chi connectivity index (χ0) is 13.3. The second-order valence-electron chi connectivity index (χ2n) is 4.33. The van der Waals surface area contributed by atoms with E-state index in [9.17, 15) is 8.42 Å². The van der Waals surface area contributed by atoms with E-state index in [1.54, 1.807) is 6.07 Å². The molecule has 0 aliphatic carbocycles. The van der Waals surface area contributed by atoms with E-state index in [1.165, 1.54) is 16.4 Å². The van der Waals surface area contributed by atoms with Crippen molar-refractivity contribution in [2.75, 3.05) is 19.6 Å². The predicted molar refractivity (Wildman–Crippen MR) is 79.6 cm³/mol. The zero-order valence-corrected chi connectivity index (χ0v) is 13.2. The van der Waals surface area contributed by atoms with Gasteiger partial charge in [0.1, 0.15) is 4.90 Å². The Kier molecular flexibility index (Phi) is 5.92. The Morgan fingerprint density at radius 3 is 2.63 bits per heavy atom. The third kappa shape index (κ3) is 3.54. The maximum Gasteiger partial charge on any atom is 0.244 e. The summed E-state index contributed by atoms with van der Waals surface area (Å²) >= 11 is 11.8. The van der Waals surface area contributed by atoms with Gasteiger partial charge < -0.3 is 5.73 Å². The van der Waals surface area contributed by atoms with Crippen molar-refractivity contribution in [3.05, 3.63) is 28.2 Å². The monoisotopic (exact) mass is 344 g/mol. The average Bonchev–Trinajstić information content (AvgIpc) is 2.81. The lowest BCUT2D eigenvalue weighted by atomic mass is 10.1. The van der Waals surface area contributed by atoms with E-state index in [0.717, 1.165) is 6.42 Å². The molecule has 0 bridgehead atoms. The van der Waals surface area contributed by atoms with Crippen LogP contribution in [-0.4, -0.2) is 32.4 Å². The molecule has 1 aliphatic heterocycles. The highest BCUT2D eigenvalue weighted by Crippen LogP contribution is 2.30. The average molecular weight is 346 g/mol. The van der Waals surface area contributed by atoms with Crippen LogP contribution in [0.3, 0.4) is 0 Å². The summed E-state index contributed by atoms with van der Waals surface area (Å²) in [6, 6.07) is 4.44. The highest BCUT2D eigenvalue weighted by atomic mass is 35.5. The molecule has 2 N–H and O–H groups in total. The minimum atomic E-state index is -3.57. The summed E-state index contributed by atoms with van der Waals surface area (Å²) in [7, 11) is -3.57. The molecule has 19 heavy (non-hydrogen) atoms. The minimum absolute atomic E-state index is 0. The van der Waals surface area contributed by atoms with Crippen molar-refractivity contribution < 1.29 is 8.42 Å². The van der Waals surface area contributed by atoms with Gasteiger partial charge in [0.05, 0.1) is 5.02 Å². The van der Waals surface area contributed by atoms with Crippen molar-refractivity contribution in [3.8, 4) is 0 Å². The molecule has 108 valence electrons. The summed E-state index contributed by atoms with van der Waals surface area (Å²) in [4.78, 5) is 0.0642. The Labute approximate surface area is 129 Å². The Hall–Kier alpha value is -0.0400. The lowest BCUT2D eigenvalue weighted by molar-refractivity contribution is 0.459. The third-order valence-corrected chi connectivity index (χ3v) is 5.67. The van der Waals surface area contributed by atoms with Gasteiger partial charge in [-0.25, -0.2) is 8.42 Å². The molecular formula is C11H15Cl3N2O2S. The number of rotatable bonds is 3. The Balaban J connectivity index is 0.00000180. The highest BCUT2D eigenvalue weighted by molar-refractivity contribution is 7.89. The lowest BCUT2D eigenvalue weighted by Gasteiger charge is -2.17. The summed E-state index contributed by atoms with van der Waals surface area (Å²) in [5, 5.41) is 0.545. The molecule has 1 atom stereocenters. The van der Waals surface area contributed by atoms with E-state index in [1.807, 2.05) is 0 Å². The maximum absolute atomic E-state index is 12.4. The quantitative estimate of drug-likeness (QED) is 0.915. The molecular weight excluding hydrogens is 331 g/mol. The molecule has 0 aromatic heterocycles. The van der Waals surface area contributed by atoms with Gasteiger partial charge in [0.2, 0.25) is 10.0 Å². The van der Waals surface area contributed by atoms with Crippen LogP contribution in [-0.2, 0) is 10.0 Å². The summed E-state index contributed by atoms with van der Waals surface area (Å²) in [6.45, 7) is 1.42. The first-order chi connectivity index (χ1) is 8.45. The molecule has 8 heteroatoms. The number of sulfonamides is 1. The number of nitrogens with two attached hydrogens (primary N) is 1. The van der Waals surface area contributed by atoms with Crippen molar-refractivity contribution >= 4 is 45.6 Å². The molecule has 1 saturated heterocycles. The second kappa shape index (κ2) is 6.61. The molecule has 1 unspecified atom stereocenters. The van der Waals surface area contributed by atoms with Gasteiger partial charge in [-0.05, 0) is 37.1 Å². The first kappa shape index (κ1) is 17.0. The van der Waals surface area contributed by atoms with E-state index in [2.05, 4.69) is 0 Å². The fourth-order valence-electron chi connectivity index (χ4n) is 2.02. The Bertz CT molecular complexity index is 551. The molecule has 1 aromatic carbocycles. The molecule has 0 amide bonds. The van der Waals surface area contributed by atoms with Gasteiger partial charge in [-0.3, -0.25) is 0 Å². The van der Waals surface area contributed by atoms with E-state index in [-0.39, 0.29) is 28.2 Å². The van der Waals surface area contributed by atoms with Gasteiger partial charge in [0, 0.05) is 18.1 Å². The van der Waals surface area contributed by atoms with Crippen molar-refractivity contribution in [2.45, 2.75) is 11.3 Å². The normalized spacial score (nSPS) is 20.3. The number of hydrogen-bond acceptors (Lipinski definition) is 3. The largest absolute Gasteiger partial charge is 0.330 e. The molecule has 0 saturated carbocycles. The Morgan fingerprint density at radius 2 is 2.05 bits per heavy atom. The van der Waals surface area contributed by atoms with Crippen molar-refractivity contribution in [1.82, 2.24) is 4.31 Å². The van der Waals surface area contributed by atoms with Gasteiger partial charge in [0.15, 0.2) is 0 Å². The first-order valence-corrected chi connectivity index (χ1v) is 7.80. The van der Waals surface area contributed by atoms with Gasteiger partial charge in [-0.2, -0.15) is 4.31 Å². The van der Waals surface area contributed by atoms with Gasteiger partial charge in [-0.15, -0.1) is 12.4 Å². The lowest BCUT2D eigenvalue weighted by Crippen LogP contribution is -2.30. The van der Waals surface area contributed by atoms with Crippen molar-refractivity contribution in [1.29, 1.82) is 0 Å². The Morgan fingerprint density at radius 1 is 1.37 bits per heavy atom. The van der Waals surface area contributed by atoms with Crippen molar-refractivity contribution in [2.24, 2.45) is 11.7 Å². The SMILES string of the molecule is Cl.NCC1CCN(S(=O)(=O)c2cc(Cl)ccc2Cl)C1. The van der Waals surface area contributed by atoms with Crippen LogP contribution >= 0.6 is 35.6 Å². The van der Waals surface area contributed by atoms with Gasteiger partial charge >= 0.3 is 0 Å². The van der Waals surface area contributed by atoms with E-state index >= 15 is 0 Å². The van der Waals surface area contributed by atoms with Crippen molar-refractivity contribution in [3.63, 3.8) is 0 Å². The zero-order valence-electron chi connectivity index (χ0n) is 10.1. The van der Waals surface area contributed by atoms with Gasteiger partial charge in [-0.1, -0.05) is 23.2 Å². The molecule has 1 aromatic rings. The molecule has 1 aliphatic rings. The summed E-state index contributed by atoms with van der Waals surface area (Å²) in [5.74, 6) is 0.220. The maximum atomic E-state index is 12.4.